The van der Waals surface area contributed by atoms with Crippen LogP contribution in [0, 0.1) is 5.92 Å². The van der Waals surface area contributed by atoms with Crippen molar-refractivity contribution in [3.8, 4) is 0 Å². The lowest BCUT2D eigenvalue weighted by atomic mass is 9.85. The van der Waals surface area contributed by atoms with E-state index in [1.165, 1.54) is 10.9 Å². The van der Waals surface area contributed by atoms with E-state index in [4.69, 9.17) is 0 Å². The van der Waals surface area contributed by atoms with E-state index in [1.54, 1.807) is 13.0 Å². The zero-order valence-electron chi connectivity index (χ0n) is 20.1. The molecule has 5 nitrogen and oxygen atoms in total. The van der Waals surface area contributed by atoms with Crippen LogP contribution in [0.25, 0.3) is 10.9 Å². The Balaban J connectivity index is 0.00000176. The molecule has 1 aromatic heterocycles. The lowest BCUT2D eigenvalue weighted by Crippen LogP contribution is -2.57. The van der Waals surface area contributed by atoms with Gasteiger partial charge in [-0.1, -0.05) is 63.4 Å². The molecule has 1 aromatic carbocycles. The van der Waals surface area contributed by atoms with Gasteiger partial charge >= 0.3 is 0 Å². The van der Waals surface area contributed by atoms with E-state index in [9.17, 15) is 9.90 Å². The predicted octanol–water partition coefficient (Wildman–Crippen LogP) is 4.56. The number of aliphatic hydroxyl groups is 1. The number of likely N-dealkylation sites (N-methyl/N-ethyl adjacent to an activating group) is 1. The molecule has 0 saturated carbocycles. The fourth-order valence-corrected chi connectivity index (χ4v) is 4.49. The number of H-pyrrole nitrogens is 1. The van der Waals surface area contributed by atoms with E-state index in [2.05, 4.69) is 35.2 Å². The van der Waals surface area contributed by atoms with E-state index in [0.29, 0.717) is 19.6 Å². The summed E-state index contributed by atoms with van der Waals surface area (Å²) in [6, 6.07) is 8.22. The van der Waals surface area contributed by atoms with E-state index in [0.717, 1.165) is 23.9 Å². The number of rotatable bonds is 9. The molecule has 2 heterocycles. The Morgan fingerprint density at radius 3 is 2.78 bits per heavy atom. The molecule has 0 bridgehead atoms. The van der Waals surface area contributed by atoms with E-state index in [1.807, 2.05) is 56.3 Å². The number of likely N-dealkylation sites (tertiary alicyclic amines) is 1. The molecule has 1 aliphatic rings. The second kappa shape index (κ2) is 12.4. The maximum absolute atomic E-state index is 13.2. The number of hydrogen-bond donors (Lipinski definition) is 2. The Morgan fingerprint density at radius 2 is 2.09 bits per heavy atom. The number of benzene rings is 1. The first kappa shape index (κ1) is 25.6. The van der Waals surface area contributed by atoms with Crippen LogP contribution in [-0.2, 0) is 11.2 Å². The molecule has 1 aliphatic heterocycles. The van der Waals surface area contributed by atoms with Gasteiger partial charge in [-0.05, 0) is 44.0 Å². The van der Waals surface area contributed by atoms with Crippen LogP contribution in [0.15, 0.2) is 67.4 Å². The maximum atomic E-state index is 13.2. The fraction of sp³-hybridized carbons (Fsp3) is 0.444. The number of hydrogen-bond acceptors (Lipinski definition) is 3. The van der Waals surface area contributed by atoms with Gasteiger partial charge in [0.25, 0.3) is 0 Å². The molecule has 2 unspecified atom stereocenters. The molecular formula is C27H39N3O2. The summed E-state index contributed by atoms with van der Waals surface area (Å²) < 4.78 is 0. The number of carbonyl (C=O) groups is 1. The first-order valence-corrected chi connectivity index (χ1v) is 11.6. The Bertz CT molecular complexity index is 928. The Kier molecular flexibility index (Phi) is 9.95. The number of nitrogens with one attached hydrogen (secondary N) is 1. The molecule has 0 spiro atoms. The van der Waals surface area contributed by atoms with Crippen LogP contribution in [0.2, 0.25) is 0 Å². The second-order valence-electron chi connectivity index (χ2n) is 8.23. The maximum Gasteiger partial charge on any atom is 0.229 e. The summed E-state index contributed by atoms with van der Waals surface area (Å²) in [5.41, 5.74) is 3.29. The SMILES string of the molecule is C=C/C=C\C(=C)CN(C)[C@H]1CCN(CCc2c[nH]c3ccccc23)C(=O)C1C(C)O.CC. The topological polar surface area (TPSA) is 59.6 Å². The lowest BCUT2D eigenvalue weighted by Gasteiger charge is -2.43. The number of aliphatic hydroxyl groups excluding tert-OH is 1. The fourth-order valence-electron chi connectivity index (χ4n) is 4.49. The highest BCUT2D eigenvalue weighted by molar-refractivity contribution is 5.83. The van der Waals surface area contributed by atoms with Crippen molar-refractivity contribution in [3.05, 3.63) is 73.0 Å². The number of piperidine rings is 1. The Morgan fingerprint density at radius 1 is 1.38 bits per heavy atom. The number of fused-ring (bicyclic) bond motifs is 1. The van der Waals surface area contributed by atoms with Gasteiger partial charge < -0.3 is 15.0 Å². The minimum atomic E-state index is -0.696. The van der Waals surface area contributed by atoms with Gasteiger partial charge in [-0.25, -0.2) is 0 Å². The van der Waals surface area contributed by atoms with Gasteiger partial charge in [0.1, 0.15) is 0 Å². The summed E-state index contributed by atoms with van der Waals surface area (Å²) in [6.45, 7) is 15.5. The molecule has 1 fully saturated rings. The number of aromatic amines is 1. The van der Waals surface area contributed by atoms with Crippen molar-refractivity contribution in [2.75, 3.05) is 26.7 Å². The van der Waals surface area contributed by atoms with Crippen molar-refractivity contribution < 1.29 is 9.90 Å². The van der Waals surface area contributed by atoms with Gasteiger partial charge in [0.15, 0.2) is 0 Å². The summed E-state index contributed by atoms with van der Waals surface area (Å²) in [4.78, 5) is 20.6. The van der Waals surface area contributed by atoms with Crippen molar-refractivity contribution in [3.63, 3.8) is 0 Å². The molecule has 0 radical (unpaired) electrons. The summed E-state index contributed by atoms with van der Waals surface area (Å²) >= 11 is 0. The molecule has 5 heteroatoms. The van der Waals surface area contributed by atoms with Crippen LogP contribution in [0.5, 0.6) is 0 Å². The van der Waals surface area contributed by atoms with Gasteiger partial charge in [-0.15, -0.1) is 0 Å². The minimum Gasteiger partial charge on any atom is -0.393 e. The molecule has 1 amide bonds. The zero-order chi connectivity index (χ0) is 23.7. The third kappa shape index (κ3) is 6.21. The highest BCUT2D eigenvalue weighted by Gasteiger charge is 2.41. The summed E-state index contributed by atoms with van der Waals surface area (Å²) in [7, 11) is 2.00. The Hall–Kier alpha value is -2.63. The van der Waals surface area contributed by atoms with Gasteiger partial charge in [0.2, 0.25) is 5.91 Å². The van der Waals surface area contributed by atoms with Crippen molar-refractivity contribution in [1.29, 1.82) is 0 Å². The number of carbonyl (C=O) groups excluding carboxylic acids is 1. The van der Waals surface area contributed by atoms with Crippen LogP contribution < -0.4 is 0 Å². The van der Waals surface area contributed by atoms with Crippen molar-refractivity contribution >= 4 is 16.8 Å². The monoisotopic (exact) mass is 437 g/mol. The second-order valence-corrected chi connectivity index (χ2v) is 8.23. The van der Waals surface area contributed by atoms with E-state index >= 15 is 0 Å². The third-order valence-corrected chi connectivity index (χ3v) is 6.04. The molecule has 2 aromatic rings. The summed E-state index contributed by atoms with van der Waals surface area (Å²) in [5, 5.41) is 11.6. The molecule has 1 saturated heterocycles. The number of para-hydroxylation sites is 1. The van der Waals surface area contributed by atoms with Crippen LogP contribution in [0.3, 0.4) is 0 Å². The highest BCUT2D eigenvalue weighted by atomic mass is 16.3. The van der Waals surface area contributed by atoms with Gasteiger partial charge in [0, 0.05) is 42.8 Å². The minimum absolute atomic E-state index is 0.00396. The first-order chi connectivity index (χ1) is 15.4. The third-order valence-electron chi connectivity index (χ3n) is 6.04. The number of allylic oxidation sites excluding steroid dienone is 2. The smallest absolute Gasteiger partial charge is 0.229 e. The van der Waals surface area contributed by atoms with Gasteiger partial charge in [0.05, 0.1) is 12.0 Å². The quantitative estimate of drug-likeness (QED) is 0.565. The highest BCUT2D eigenvalue weighted by Crippen LogP contribution is 2.27. The van der Waals surface area contributed by atoms with Crippen molar-refractivity contribution in [1.82, 2.24) is 14.8 Å². The number of aromatic nitrogens is 1. The van der Waals surface area contributed by atoms with Crippen LogP contribution in [0.4, 0.5) is 0 Å². The average molecular weight is 438 g/mol. The normalized spacial score (nSPS) is 19.8. The molecular weight excluding hydrogens is 398 g/mol. The first-order valence-electron chi connectivity index (χ1n) is 11.6. The van der Waals surface area contributed by atoms with E-state index in [-0.39, 0.29) is 11.9 Å². The summed E-state index contributed by atoms with van der Waals surface area (Å²) in [6.07, 6.45) is 8.48. The standard InChI is InChI=1S/C25H33N3O2.C2H6/c1-5-6-9-18(2)17-27(4)23-13-15-28(25(30)24(23)19(3)29)14-12-20-16-26-22-11-8-7-10-21(20)22;1-2/h5-11,16,19,23-24,26,29H,1-2,12-15,17H2,3-4H3;1-2H3/b9-6-;/t19?,23-,24?;/m0./s1. The predicted molar refractivity (Wildman–Crippen MR) is 135 cm³/mol. The molecule has 174 valence electrons. The lowest BCUT2D eigenvalue weighted by molar-refractivity contribution is -0.147. The van der Waals surface area contributed by atoms with Gasteiger partial charge in [-0.3, -0.25) is 9.69 Å². The van der Waals surface area contributed by atoms with Crippen LogP contribution >= 0.6 is 0 Å². The number of nitrogens with zero attached hydrogens (tertiary/aromatic N) is 2. The molecule has 3 rings (SSSR count). The summed E-state index contributed by atoms with van der Waals surface area (Å²) in [5.74, 6) is -0.386. The van der Waals surface area contributed by atoms with Crippen molar-refractivity contribution in [2.24, 2.45) is 5.92 Å². The number of amides is 1. The van der Waals surface area contributed by atoms with Crippen LogP contribution in [-0.4, -0.2) is 64.6 Å². The molecule has 3 atom stereocenters. The molecule has 32 heavy (non-hydrogen) atoms. The molecule has 2 N–H and O–H groups in total. The van der Waals surface area contributed by atoms with Crippen LogP contribution in [0.1, 0.15) is 32.8 Å². The molecule has 0 aliphatic carbocycles. The Labute approximate surface area is 193 Å². The zero-order valence-corrected chi connectivity index (χ0v) is 20.1. The van der Waals surface area contributed by atoms with Crippen molar-refractivity contribution in [2.45, 2.75) is 45.8 Å². The van der Waals surface area contributed by atoms with E-state index < -0.39 is 12.0 Å². The van der Waals surface area contributed by atoms with Gasteiger partial charge in [-0.2, -0.15) is 0 Å². The average Bonchev–Trinajstić information content (AvgIpc) is 3.20. The largest absolute Gasteiger partial charge is 0.393 e.